The van der Waals surface area contributed by atoms with E-state index in [1.165, 1.54) is 12.4 Å². The second kappa shape index (κ2) is 5.64. The summed E-state index contributed by atoms with van der Waals surface area (Å²) in [4.78, 5) is 19.7. The van der Waals surface area contributed by atoms with Gasteiger partial charge in [-0.05, 0) is 18.6 Å². The number of carbonyl (C=O) groups excluding carboxylic acids is 1. The highest BCUT2D eigenvalue weighted by atomic mass is 35.5. The van der Waals surface area contributed by atoms with Gasteiger partial charge in [0.05, 0.1) is 0 Å². The molecule has 2 aromatic heterocycles. The molecule has 2 heterocycles. The normalized spacial score (nSPS) is 10.3. The lowest BCUT2D eigenvalue weighted by atomic mass is 10.3. The average Bonchev–Trinajstić information content (AvgIpc) is 2.78. The number of aromatic nitrogens is 3. The van der Waals surface area contributed by atoms with Gasteiger partial charge in [-0.15, -0.1) is 0 Å². The minimum atomic E-state index is -0.205. The van der Waals surface area contributed by atoms with Crippen molar-refractivity contribution in [3.63, 3.8) is 0 Å². The van der Waals surface area contributed by atoms with Gasteiger partial charge in [-0.3, -0.25) is 4.79 Å². The molecule has 0 aliphatic rings. The number of rotatable bonds is 4. The molecule has 1 N–H and O–H groups in total. The van der Waals surface area contributed by atoms with E-state index < -0.39 is 0 Å². The molecule has 1 amide bonds. The van der Waals surface area contributed by atoms with Gasteiger partial charge in [0.25, 0.3) is 5.91 Å². The molecule has 18 heavy (non-hydrogen) atoms. The van der Waals surface area contributed by atoms with Gasteiger partial charge < -0.3 is 9.88 Å². The van der Waals surface area contributed by atoms with Crippen LogP contribution < -0.4 is 5.32 Å². The van der Waals surface area contributed by atoms with Crippen molar-refractivity contribution in [2.24, 2.45) is 0 Å². The molecule has 0 fully saturated rings. The van der Waals surface area contributed by atoms with Crippen molar-refractivity contribution >= 4 is 23.3 Å². The number of amides is 1. The third-order valence-electron chi connectivity index (χ3n) is 2.40. The standard InChI is InChI=1S/C12H13ClN4O/c1-2-5-17-6-3-4-9(17)12(18)16-11-7-10(13)14-8-15-11/h3-4,6-8H,2,5H2,1H3,(H,14,15,16,18). The van der Waals surface area contributed by atoms with E-state index in [1.54, 1.807) is 6.07 Å². The van der Waals surface area contributed by atoms with Crippen molar-refractivity contribution in [2.45, 2.75) is 19.9 Å². The Balaban J connectivity index is 2.14. The summed E-state index contributed by atoms with van der Waals surface area (Å²) in [5.74, 6) is 0.187. The van der Waals surface area contributed by atoms with Crippen LogP contribution in [0.5, 0.6) is 0 Å². The van der Waals surface area contributed by atoms with Gasteiger partial charge in [0, 0.05) is 18.8 Å². The SMILES string of the molecule is CCCn1cccc1C(=O)Nc1cc(Cl)ncn1. The first-order chi connectivity index (χ1) is 8.70. The van der Waals surface area contributed by atoms with E-state index in [9.17, 15) is 4.79 Å². The molecule has 0 bridgehead atoms. The maximum atomic E-state index is 12.0. The lowest BCUT2D eigenvalue weighted by molar-refractivity contribution is 0.101. The van der Waals surface area contributed by atoms with Crippen LogP contribution in [-0.2, 0) is 6.54 Å². The van der Waals surface area contributed by atoms with Gasteiger partial charge in [0.1, 0.15) is 23.0 Å². The molecule has 0 atom stereocenters. The number of carbonyl (C=O) groups is 1. The zero-order chi connectivity index (χ0) is 13.0. The first-order valence-corrected chi connectivity index (χ1v) is 6.02. The van der Waals surface area contributed by atoms with Crippen molar-refractivity contribution < 1.29 is 4.79 Å². The van der Waals surface area contributed by atoms with E-state index in [-0.39, 0.29) is 5.91 Å². The summed E-state index contributed by atoms with van der Waals surface area (Å²) in [6, 6.07) is 5.12. The molecule has 0 aliphatic carbocycles. The topological polar surface area (TPSA) is 59.8 Å². The third-order valence-corrected chi connectivity index (χ3v) is 2.61. The Kier molecular flexibility index (Phi) is 3.94. The van der Waals surface area contributed by atoms with Gasteiger partial charge in [0.2, 0.25) is 0 Å². The fourth-order valence-corrected chi connectivity index (χ4v) is 1.79. The zero-order valence-electron chi connectivity index (χ0n) is 9.93. The molecule has 2 aromatic rings. The maximum absolute atomic E-state index is 12.0. The van der Waals surface area contributed by atoms with E-state index >= 15 is 0 Å². The Morgan fingerprint density at radius 1 is 1.50 bits per heavy atom. The van der Waals surface area contributed by atoms with Gasteiger partial charge in [-0.1, -0.05) is 18.5 Å². The number of hydrogen-bond acceptors (Lipinski definition) is 3. The van der Waals surface area contributed by atoms with E-state index in [1.807, 2.05) is 16.8 Å². The van der Waals surface area contributed by atoms with Crippen molar-refractivity contribution in [1.82, 2.24) is 14.5 Å². The van der Waals surface area contributed by atoms with Crippen LogP contribution in [0.4, 0.5) is 5.82 Å². The van der Waals surface area contributed by atoms with E-state index in [4.69, 9.17) is 11.6 Å². The van der Waals surface area contributed by atoms with E-state index in [0.29, 0.717) is 16.7 Å². The first kappa shape index (κ1) is 12.6. The molecule has 0 saturated carbocycles. The van der Waals surface area contributed by atoms with Gasteiger partial charge in [0.15, 0.2) is 0 Å². The minimum Gasteiger partial charge on any atom is -0.344 e. The van der Waals surface area contributed by atoms with Crippen molar-refractivity contribution in [1.29, 1.82) is 0 Å². The second-order valence-electron chi connectivity index (χ2n) is 3.77. The number of anilines is 1. The zero-order valence-corrected chi connectivity index (χ0v) is 10.7. The average molecular weight is 265 g/mol. The van der Waals surface area contributed by atoms with Gasteiger partial charge in [-0.25, -0.2) is 9.97 Å². The number of nitrogens with one attached hydrogen (secondary N) is 1. The van der Waals surface area contributed by atoms with Crippen LogP contribution in [-0.4, -0.2) is 20.4 Å². The summed E-state index contributed by atoms with van der Waals surface area (Å²) in [6.07, 6.45) is 4.16. The van der Waals surface area contributed by atoms with Crippen molar-refractivity contribution in [3.8, 4) is 0 Å². The van der Waals surface area contributed by atoms with Crippen LogP contribution in [0, 0.1) is 0 Å². The van der Waals surface area contributed by atoms with Crippen LogP contribution in [0.1, 0.15) is 23.8 Å². The number of halogens is 1. The van der Waals surface area contributed by atoms with Crippen LogP contribution in [0.2, 0.25) is 5.15 Å². The summed E-state index contributed by atoms with van der Waals surface area (Å²) in [7, 11) is 0. The van der Waals surface area contributed by atoms with Gasteiger partial charge in [-0.2, -0.15) is 0 Å². The van der Waals surface area contributed by atoms with Crippen molar-refractivity contribution in [3.05, 3.63) is 41.6 Å². The number of hydrogen-bond donors (Lipinski definition) is 1. The maximum Gasteiger partial charge on any atom is 0.273 e. The molecule has 5 nitrogen and oxygen atoms in total. The van der Waals surface area contributed by atoms with Crippen LogP contribution in [0.3, 0.4) is 0 Å². The molecule has 6 heteroatoms. The Morgan fingerprint density at radius 3 is 3.06 bits per heavy atom. The minimum absolute atomic E-state index is 0.205. The lowest BCUT2D eigenvalue weighted by Gasteiger charge is -2.08. The summed E-state index contributed by atoms with van der Waals surface area (Å²) in [5.41, 5.74) is 0.603. The molecule has 0 aromatic carbocycles. The molecule has 94 valence electrons. The Morgan fingerprint density at radius 2 is 2.33 bits per heavy atom. The highest BCUT2D eigenvalue weighted by Gasteiger charge is 2.11. The highest BCUT2D eigenvalue weighted by molar-refractivity contribution is 6.29. The number of nitrogens with zero attached hydrogens (tertiary/aromatic N) is 3. The molecule has 0 unspecified atom stereocenters. The molecular weight excluding hydrogens is 252 g/mol. The number of aryl methyl sites for hydroxylation is 1. The summed E-state index contributed by atoms with van der Waals surface area (Å²) in [5, 5.41) is 2.98. The Labute approximate surface area is 110 Å². The molecule has 0 radical (unpaired) electrons. The summed E-state index contributed by atoms with van der Waals surface area (Å²) in [6.45, 7) is 2.87. The first-order valence-electron chi connectivity index (χ1n) is 5.64. The Hall–Kier alpha value is -1.88. The summed E-state index contributed by atoms with van der Waals surface area (Å²) >= 11 is 5.73. The van der Waals surface area contributed by atoms with Gasteiger partial charge >= 0.3 is 0 Å². The Bertz CT molecular complexity index is 553. The smallest absolute Gasteiger partial charge is 0.273 e. The predicted molar refractivity (Wildman–Crippen MR) is 69.7 cm³/mol. The van der Waals surface area contributed by atoms with Crippen LogP contribution >= 0.6 is 11.6 Å². The van der Waals surface area contributed by atoms with Crippen LogP contribution in [0.25, 0.3) is 0 Å². The quantitative estimate of drug-likeness (QED) is 0.864. The van der Waals surface area contributed by atoms with E-state index in [2.05, 4.69) is 22.2 Å². The summed E-state index contributed by atoms with van der Waals surface area (Å²) < 4.78 is 1.90. The lowest BCUT2D eigenvalue weighted by Crippen LogP contribution is -2.17. The van der Waals surface area contributed by atoms with E-state index in [0.717, 1.165) is 13.0 Å². The molecule has 2 rings (SSSR count). The molecule has 0 aliphatic heterocycles. The molecular formula is C12H13ClN4O. The van der Waals surface area contributed by atoms with Crippen LogP contribution in [0.15, 0.2) is 30.7 Å². The van der Waals surface area contributed by atoms with Crippen molar-refractivity contribution in [2.75, 3.05) is 5.32 Å². The largest absolute Gasteiger partial charge is 0.344 e. The fraction of sp³-hybridized carbons (Fsp3) is 0.250. The molecule has 0 spiro atoms. The fourth-order valence-electron chi connectivity index (χ4n) is 1.64. The predicted octanol–water partition coefficient (Wildman–Crippen LogP) is 2.59. The third kappa shape index (κ3) is 2.87. The second-order valence-corrected chi connectivity index (χ2v) is 4.15. The highest BCUT2D eigenvalue weighted by Crippen LogP contribution is 2.11. The monoisotopic (exact) mass is 264 g/mol. The molecule has 0 saturated heterocycles.